The summed E-state index contributed by atoms with van der Waals surface area (Å²) in [6.07, 6.45) is 1.20. The summed E-state index contributed by atoms with van der Waals surface area (Å²) in [7, 11) is -3.08. The van der Waals surface area contributed by atoms with Crippen LogP contribution in [-0.4, -0.2) is 42.9 Å². The molecular weight excluding hydrogens is 270 g/mol. The second-order valence-electron chi connectivity index (χ2n) is 5.99. The molecule has 1 amide bonds. The number of carboxylic acids is 1. The maximum Gasteiger partial charge on any atom is 0.307 e. The van der Waals surface area contributed by atoms with Crippen LogP contribution in [0.1, 0.15) is 26.7 Å². The molecule has 2 fully saturated rings. The van der Waals surface area contributed by atoms with Crippen LogP contribution in [-0.2, 0) is 19.4 Å². The minimum Gasteiger partial charge on any atom is -0.481 e. The minimum absolute atomic E-state index is 0.0973. The first-order chi connectivity index (χ1) is 8.68. The number of nitrogens with one attached hydrogen (secondary N) is 1. The van der Waals surface area contributed by atoms with Crippen molar-refractivity contribution in [2.45, 2.75) is 31.9 Å². The molecular formula is C12H19NO5S. The van der Waals surface area contributed by atoms with Gasteiger partial charge in [0.2, 0.25) is 5.91 Å². The molecule has 1 saturated heterocycles. The average Bonchev–Trinajstić information content (AvgIpc) is 2.69. The van der Waals surface area contributed by atoms with Crippen LogP contribution in [0.5, 0.6) is 0 Å². The fraction of sp³-hybridized carbons (Fsp3) is 0.833. The highest BCUT2D eigenvalue weighted by molar-refractivity contribution is 7.92. The van der Waals surface area contributed by atoms with Gasteiger partial charge in [0.15, 0.2) is 9.84 Å². The average molecular weight is 289 g/mol. The van der Waals surface area contributed by atoms with E-state index in [2.05, 4.69) is 5.32 Å². The summed E-state index contributed by atoms with van der Waals surface area (Å²) in [6.45, 7) is 3.57. The first-order valence-corrected chi connectivity index (χ1v) is 8.11. The highest BCUT2D eigenvalue weighted by Gasteiger charge is 2.65. The molecule has 108 valence electrons. The lowest BCUT2D eigenvalue weighted by Gasteiger charge is -2.11. The number of carbonyl (C=O) groups excluding carboxylic acids is 1. The summed E-state index contributed by atoms with van der Waals surface area (Å²) in [6, 6.07) is 0. The Bertz CT molecular complexity index is 510. The van der Waals surface area contributed by atoms with E-state index in [1.807, 2.05) is 0 Å². The monoisotopic (exact) mass is 289 g/mol. The molecule has 0 radical (unpaired) electrons. The zero-order valence-corrected chi connectivity index (χ0v) is 11.9. The van der Waals surface area contributed by atoms with Crippen LogP contribution >= 0.6 is 0 Å². The van der Waals surface area contributed by atoms with Crippen molar-refractivity contribution in [2.24, 2.45) is 17.3 Å². The van der Waals surface area contributed by atoms with Gasteiger partial charge in [-0.25, -0.2) is 8.42 Å². The van der Waals surface area contributed by atoms with Gasteiger partial charge in [0, 0.05) is 6.54 Å². The highest BCUT2D eigenvalue weighted by Crippen LogP contribution is 2.58. The summed E-state index contributed by atoms with van der Waals surface area (Å²) in [4.78, 5) is 22.9. The Kier molecular flexibility index (Phi) is 3.36. The van der Waals surface area contributed by atoms with Crippen molar-refractivity contribution in [1.82, 2.24) is 5.32 Å². The van der Waals surface area contributed by atoms with Gasteiger partial charge in [0.1, 0.15) is 0 Å². The maximum atomic E-state index is 11.9. The molecule has 3 atom stereocenters. The number of hydrogen-bond acceptors (Lipinski definition) is 4. The van der Waals surface area contributed by atoms with E-state index in [-0.39, 0.29) is 18.2 Å². The van der Waals surface area contributed by atoms with Crippen molar-refractivity contribution >= 4 is 21.7 Å². The number of hydrogen-bond donors (Lipinski definition) is 2. The second kappa shape index (κ2) is 4.47. The van der Waals surface area contributed by atoms with Crippen LogP contribution in [0.3, 0.4) is 0 Å². The van der Waals surface area contributed by atoms with Gasteiger partial charge in [0.05, 0.1) is 22.8 Å². The van der Waals surface area contributed by atoms with Gasteiger partial charge in [-0.3, -0.25) is 9.59 Å². The Morgan fingerprint density at radius 3 is 2.37 bits per heavy atom. The van der Waals surface area contributed by atoms with Crippen molar-refractivity contribution < 1.29 is 23.1 Å². The van der Waals surface area contributed by atoms with E-state index in [0.717, 1.165) is 0 Å². The summed E-state index contributed by atoms with van der Waals surface area (Å²) in [5, 5.41) is 11.1. The van der Waals surface area contributed by atoms with E-state index in [9.17, 15) is 18.0 Å². The first kappa shape index (κ1) is 14.3. The molecule has 2 rings (SSSR count). The molecule has 2 N–H and O–H groups in total. The van der Waals surface area contributed by atoms with Gasteiger partial charge >= 0.3 is 5.97 Å². The Morgan fingerprint density at radius 2 is 1.95 bits per heavy atom. The van der Waals surface area contributed by atoms with Crippen molar-refractivity contribution in [1.29, 1.82) is 0 Å². The van der Waals surface area contributed by atoms with Gasteiger partial charge in [0.25, 0.3) is 0 Å². The van der Waals surface area contributed by atoms with E-state index in [0.29, 0.717) is 12.8 Å². The van der Waals surface area contributed by atoms with Crippen LogP contribution in [0, 0.1) is 17.3 Å². The smallest absolute Gasteiger partial charge is 0.307 e. The third-order valence-electron chi connectivity index (χ3n) is 4.34. The van der Waals surface area contributed by atoms with E-state index >= 15 is 0 Å². The van der Waals surface area contributed by atoms with E-state index in [1.165, 1.54) is 0 Å². The van der Waals surface area contributed by atoms with Crippen molar-refractivity contribution in [3.8, 4) is 0 Å². The number of rotatable bonds is 4. The van der Waals surface area contributed by atoms with Crippen LogP contribution < -0.4 is 5.32 Å². The first-order valence-electron chi connectivity index (χ1n) is 6.40. The standard InChI is InChI=1S/C12H19NO5S/c1-12(2)8(9(12)11(15)16)10(14)13-6-7-4-3-5-19(7,17)18/h7-9H,3-6H2,1-2H3,(H,13,14)(H,15,16)/t7?,8-,9+/m1/s1. The van der Waals surface area contributed by atoms with Gasteiger partial charge in [-0.05, 0) is 18.3 Å². The second-order valence-corrected chi connectivity index (χ2v) is 8.39. The Morgan fingerprint density at radius 1 is 1.32 bits per heavy atom. The van der Waals surface area contributed by atoms with E-state index in [1.54, 1.807) is 13.8 Å². The van der Waals surface area contributed by atoms with Gasteiger partial charge in [-0.2, -0.15) is 0 Å². The molecule has 1 aliphatic heterocycles. The van der Waals surface area contributed by atoms with Crippen molar-refractivity contribution in [3.05, 3.63) is 0 Å². The lowest BCUT2D eigenvalue weighted by Crippen LogP contribution is -2.36. The van der Waals surface area contributed by atoms with Gasteiger partial charge < -0.3 is 10.4 Å². The number of carboxylic acid groups (broad SMARTS) is 1. The molecule has 0 bridgehead atoms. The summed E-state index contributed by atoms with van der Waals surface area (Å²) in [5.41, 5.74) is -0.551. The predicted octanol–water partition coefficient (Wildman–Crippen LogP) is 0.0366. The SMILES string of the molecule is CC1(C)[C@H](C(=O)O)[C@@H]1C(=O)NCC1CCCS1(=O)=O. The largest absolute Gasteiger partial charge is 0.481 e. The summed E-state index contributed by atoms with van der Waals surface area (Å²) in [5.74, 6) is -2.37. The van der Waals surface area contributed by atoms with Crippen molar-refractivity contribution in [3.63, 3.8) is 0 Å². The number of aliphatic carboxylic acids is 1. The molecule has 7 heteroatoms. The predicted molar refractivity (Wildman–Crippen MR) is 68.2 cm³/mol. The van der Waals surface area contributed by atoms with E-state index in [4.69, 9.17) is 5.11 Å². The molecule has 19 heavy (non-hydrogen) atoms. The Balaban J connectivity index is 1.92. The molecule has 0 aromatic carbocycles. The molecule has 0 aromatic heterocycles. The molecule has 1 saturated carbocycles. The van der Waals surface area contributed by atoms with E-state index < -0.39 is 38.3 Å². The zero-order chi connectivity index (χ0) is 14.4. The zero-order valence-electron chi connectivity index (χ0n) is 11.0. The van der Waals surface area contributed by atoms with Crippen LogP contribution in [0.4, 0.5) is 0 Å². The van der Waals surface area contributed by atoms with Crippen LogP contribution in [0.25, 0.3) is 0 Å². The third-order valence-corrected chi connectivity index (χ3v) is 6.62. The quantitative estimate of drug-likeness (QED) is 0.761. The molecule has 1 aliphatic carbocycles. The molecule has 6 nitrogen and oxygen atoms in total. The third kappa shape index (κ3) is 2.48. The fourth-order valence-electron chi connectivity index (χ4n) is 3.00. The Hall–Kier alpha value is -1.11. The lowest BCUT2D eigenvalue weighted by molar-refractivity contribution is -0.140. The number of carbonyl (C=O) groups is 2. The molecule has 0 spiro atoms. The van der Waals surface area contributed by atoms with Gasteiger partial charge in [-0.15, -0.1) is 0 Å². The minimum atomic E-state index is -3.08. The summed E-state index contributed by atoms with van der Waals surface area (Å²) >= 11 is 0. The number of sulfone groups is 1. The van der Waals surface area contributed by atoms with Gasteiger partial charge in [-0.1, -0.05) is 13.8 Å². The molecule has 1 unspecified atom stereocenters. The van der Waals surface area contributed by atoms with Crippen molar-refractivity contribution in [2.75, 3.05) is 12.3 Å². The molecule has 0 aromatic rings. The lowest BCUT2D eigenvalue weighted by atomic mass is 10.1. The van der Waals surface area contributed by atoms with Crippen LogP contribution in [0.2, 0.25) is 0 Å². The molecule has 2 aliphatic rings. The number of amides is 1. The van der Waals surface area contributed by atoms with Crippen LogP contribution in [0.15, 0.2) is 0 Å². The highest BCUT2D eigenvalue weighted by atomic mass is 32.2. The maximum absolute atomic E-state index is 11.9. The molecule has 1 heterocycles. The topological polar surface area (TPSA) is 101 Å². The summed E-state index contributed by atoms with van der Waals surface area (Å²) < 4.78 is 23.2. The fourth-order valence-corrected chi connectivity index (χ4v) is 4.77. The normalized spacial score (nSPS) is 34.7. The Labute approximate surface area is 112 Å².